The van der Waals surface area contributed by atoms with Crippen molar-refractivity contribution in [3.63, 3.8) is 0 Å². The number of nitrogens with one attached hydrogen (secondary N) is 2. The average Bonchev–Trinajstić information content (AvgIpc) is 3.20. The predicted octanol–water partition coefficient (Wildman–Crippen LogP) is 2.56. The SMILES string of the molecule is O=C1NC(=O)C(c2c[nH]c3ccccc23)=C1N=Cc1cccc([N+](=O)[O-])c1. The normalized spacial score (nSPS) is 14.4. The first kappa shape index (κ1) is 16.4. The standard InChI is InChI=1S/C19H12N4O4/c24-18-16(14-10-20-15-7-2-1-6-13(14)15)17(19(25)22-18)21-9-11-4-3-5-12(8-11)23(26)27/h1-10,20H,(H,22,24,25). The fourth-order valence-corrected chi connectivity index (χ4v) is 2.96. The smallest absolute Gasteiger partial charge is 0.277 e. The van der Waals surface area contributed by atoms with Crippen molar-refractivity contribution in [3.8, 4) is 0 Å². The monoisotopic (exact) mass is 360 g/mol. The van der Waals surface area contributed by atoms with E-state index in [4.69, 9.17) is 0 Å². The van der Waals surface area contributed by atoms with Gasteiger partial charge in [0.25, 0.3) is 17.5 Å². The number of carbonyl (C=O) groups is 2. The summed E-state index contributed by atoms with van der Waals surface area (Å²) in [6, 6.07) is 13.2. The molecule has 0 spiro atoms. The van der Waals surface area contributed by atoms with E-state index in [1.54, 1.807) is 12.3 Å². The Labute approximate surface area is 152 Å². The molecule has 0 bridgehead atoms. The van der Waals surface area contributed by atoms with E-state index < -0.39 is 16.7 Å². The molecule has 1 aliphatic heterocycles. The van der Waals surface area contributed by atoms with Crippen LogP contribution in [-0.2, 0) is 9.59 Å². The zero-order chi connectivity index (χ0) is 19.0. The van der Waals surface area contributed by atoms with Crippen molar-refractivity contribution in [2.75, 3.05) is 0 Å². The molecule has 1 aliphatic rings. The minimum atomic E-state index is -0.609. The lowest BCUT2D eigenvalue weighted by molar-refractivity contribution is -0.384. The molecular weight excluding hydrogens is 348 g/mol. The summed E-state index contributed by atoms with van der Waals surface area (Å²) in [6.07, 6.45) is 2.98. The summed E-state index contributed by atoms with van der Waals surface area (Å²) in [5.74, 6) is -1.14. The molecule has 2 amide bonds. The first-order chi connectivity index (χ1) is 13.0. The molecule has 0 fully saturated rings. The van der Waals surface area contributed by atoms with E-state index in [1.807, 2.05) is 24.3 Å². The van der Waals surface area contributed by atoms with E-state index >= 15 is 0 Å². The molecule has 8 heteroatoms. The highest BCUT2D eigenvalue weighted by atomic mass is 16.6. The number of nitro benzene ring substituents is 1. The van der Waals surface area contributed by atoms with Crippen LogP contribution in [0.1, 0.15) is 11.1 Å². The second kappa shape index (κ2) is 6.34. The Bertz CT molecular complexity index is 1170. The van der Waals surface area contributed by atoms with E-state index in [0.717, 1.165) is 10.9 Å². The molecule has 0 aliphatic carbocycles. The number of benzene rings is 2. The summed E-state index contributed by atoms with van der Waals surface area (Å²) in [5, 5.41) is 13.9. The molecular formula is C19H12N4O4. The molecule has 132 valence electrons. The van der Waals surface area contributed by atoms with Crippen molar-refractivity contribution >= 4 is 40.2 Å². The van der Waals surface area contributed by atoms with Gasteiger partial charge in [0, 0.05) is 41.0 Å². The first-order valence-electron chi connectivity index (χ1n) is 7.99. The lowest BCUT2D eigenvalue weighted by atomic mass is 10.0. The highest BCUT2D eigenvalue weighted by molar-refractivity contribution is 6.37. The van der Waals surface area contributed by atoms with Gasteiger partial charge in [-0.3, -0.25) is 25.0 Å². The van der Waals surface area contributed by atoms with Crippen molar-refractivity contribution in [2.45, 2.75) is 0 Å². The van der Waals surface area contributed by atoms with E-state index in [0.29, 0.717) is 11.1 Å². The van der Waals surface area contributed by atoms with Crippen molar-refractivity contribution in [2.24, 2.45) is 4.99 Å². The third-order valence-corrected chi connectivity index (χ3v) is 4.19. The molecule has 8 nitrogen and oxygen atoms in total. The van der Waals surface area contributed by atoms with Gasteiger partial charge in [-0.25, -0.2) is 4.99 Å². The van der Waals surface area contributed by atoms with Crippen LogP contribution in [0.2, 0.25) is 0 Å². The molecule has 0 radical (unpaired) electrons. The Balaban J connectivity index is 1.81. The quantitative estimate of drug-likeness (QED) is 0.322. The maximum absolute atomic E-state index is 12.3. The second-order valence-electron chi connectivity index (χ2n) is 5.87. The molecule has 2 N–H and O–H groups in total. The minimum Gasteiger partial charge on any atom is -0.361 e. The largest absolute Gasteiger partial charge is 0.361 e. The highest BCUT2D eigenvalue weighted by Gasteiger charge is 2.32. The molecule has 4 rings (SSSR count). The number of H-pyrrole nitrogens is 1. The zero-order valence-corrected chi connectivity index (χ0v) is 13.8. The average molecular weight is 360 g/mol. The lowest BCUT2D eigenvalue weighted by Crippen LogP contribution is -2.22. The van der Waals surface area contributed by atoms with Crippen LogP contribution in [0.15, 0.2) is 65.4 Å². The van der Waals surface area contributed by atoms with E-state index in [-0.39, 0.29) is 17.0 Å². The minimum absolute atomic E-state index is 0.0312. The maximum atomic E-state index is 12.3. The van der Waals surface area contributed by atoms with Crippen LogP contribution in [0.4, 0.5) is 5.69 Å². The van der Waals surface area contributed by atoms with Gasteiger partial charge in [-0.05, 0) is 11.6 Å². The Kier molecular flexibility index (Phi) is 3.85. The highest BCUT2D eigenvalue weighted by Crippen LogP contribution is 2.30. The summed E-state index contributed by atoms with van der Waals surface area (Å²) in [6.45, 7) is 0. The molecule has 0 unspecified atom stereocenters. The van der Waals surface area contributed by atoms with Gasteiger partial charge >= 0.3 is 0 Å². The number of hydrogen-bond donors (Lipinski definition) is 2. The number of amides is 2. The second-order valence-corrected chi connectivity index (χ2v) is 5.87. The summed E-state index contributed by atoms with van der Waals surface area (Å²) < 4.78 is 0. The molecule has 1 aromatic heterocycles. The van der Waals surface area contributed by atoms with Crippen LogP contribution in [0.5, 0.6) is 0 Å². The number of nitro groups is 1. The Morgan fingerprint density at radius 3 is 2.67 bits per heavy atom. The number of hydrogen-bond acceptors (Lipinski definition) is 5. The predicted molar refractivity (Wildman–Crippen MR) is 99.1 cm³/mol. The molecule has 0 atom stereocenters. The van der Waals surface area contributed by atoms with Crippen LogP contribution < -0.4 is 5.32 Å². The summed E-state index contributed by atoms with van der Waals surface area (Å²) in [7, 11) is 0. The molecule has 0 saturated heterocycles. The fourth-order valence-electron chi connectivity index (χ4n) is 2.96. The number of rotatable bonds is 4. The number of aromatic amines is 1. The summed E-state index contributed by atoms with van der Waals surface area (Å²) in [5.41, 5.74) is 1.89. The van der Waals surface area contributed by atoms with Crippen LogP contribution in [0.3, 0.4) is 0 Å². The van der Waals surface area contributed by atoms with Crippen molar-refractivity contribution in [1.82, 2.24) is 10.3 Å². The van der Waals surface area contributed by atoms with E-state index in [2.05, 4.69) is 15.3 Å². The maximum Gasteiger partial charge on any atom is 0.277 e. The van der Waals surface area contributed by atoms with Crippen LogP contribution in [-0.4, -0.2) is 27.9 Å². The Morgan fingerprint density at radius 1 is 1.04 bits per heavy atom. The van der Waals surface area contributed by atoms with Gasteiger partial charge in [0.15, 0.2) is 0 Å². The third-order valence-electron chi connectivity index (χ3n) is 4.19. The van der Waals surface area contributed by atoms with Gasteiger partial charge in [0.2, 0.25) is 0 Å². The van der Waals surface area contributed by atoms with Crippen LogP contribution >= 0.6 is 0 Å². The van der Waals surface area contributed by atoms with Gasteiger partial charge in [-0.15, -0.1) is 0 Å². The number of fused-ring (bicyclic) bond motifs is 1. The van der Waals surface area contributed by atoms with E-state index in [1.165, 1.54) is 24.4 Å². The topological polar surface area (TPSA) is 117 Å². The zero-order valence-electron chi connectivity index (χ0n) is 13.8. The third kappa shape index (κ3) is 2.89. The summed E-state index contributed by atoms with van der Waals surface area (Å²) in [4.78, 5) is 42.1. The van der Waals surface area contributed by atoms with Gasteiger partial charge in [-0.2, -0.15) is 0 Å². The lowest BCUT2D eigenvalue weighted by Gasteiger charge is -1.99. The van der Waals surface area contributed by atoms with Crippen molar-refractivity contribution in [1.29, 1.82) is 0 Å². The van der Waals surface area contributed by atoms with Crippen molar-refractivity contribution < 1.29 is 14.5 Å². The Hall–Kier alpha value is -4.07. The molecule has 2 aromatic carbocycles. The van der Waals surface area contributed by atoms with Gasteiger partial charge < -0.3 is 4.98 Å². The van der Waals surface area contributed by atoms with Gasteiger partial charge in [-0.1, -0.05) is 30.3 Å². The fraction of sp³-hybridized carbons (Fsp3) is 0. The van der Waals surface area contributed by atoms with Gasteiger partial charge in [0.1, 0.15) is 5.70 Å². The van der Waals surface area contributed by atoms with Crippen LogP contribution in [0.25, 0.3) is 16.5 Å². The summed E-state index contributed by atoms with van der Waals surface area (Å²) >= 11 is 0. The number of imide groups is 1. The Morgan fingerprint density at radius 2 is 1.85 bits per heavy atom. The molecule has 27 heavy (non-hydrogen) atoms. The number of nitrogens with zero attached hydrogens (tertiary/aromatic N) is 2. The molecule has 3 aromatic rings. The number of aromatic nitrogens is 1. The number of aliphatic imine (C=N–C) groups is 1. The molecule has 2 heterocycles. The first-order valence-corrected chi connectivity index (χ1v) is 7.99. The molecule has 0 saturated carbocycles. The van der Waals surface area contributed by atoms with Gasteiger partial charge in [0.05, 0.1) is 10.5 Å². The number of carbonyl (C=O) groups excluding carboxylic acids is 2. The van der Waals surface area contributed by atoms with E-state index in [9.17, 15) is 19.7 Å². The number of para-hydroxylation sites is 1. The van der Waals surface area contributed by atoms with Crippen molar-refractivity contribution in [3.05, 3.63) is 81.7 Å². The van der Waals surface area contributed by atoms with Crippen LogP contribution in [0, 0.1) is 10.1 Å². The number of non-ortho nitro benzene ring substituents is 1.